The quantitative estimate of drug-likeness (QED) is 0.211. The van der Waals surface area contributed by atoms with E-state index in [2.05, 4.69) is 32.2 Å². The van der Waals surface area contributed by atoms with Gasteiger partial charge in [0.2, 0.25) is 17.7 Å². The first-order valence-corrected chi connectivity index (χ1v) is 25.9. The lowest BCUT2D eigenvalue weighted by molar-refractivity contribution is -0.150. The maximum Gasteiger partial charge on any atom is 0.264 e. The van der Waals surface area contributed by atoms with Crippen molar-refractivity contribution in [2.24, 2.45) is 5.92 Å². The number of rotatable bonds is 10. The van der Waals surface area contributed by atoms with Crippen LogP contribution in [0.4, 0.5) is 17.1 Å². The molecular weight excluding hydrogens is 785 g/mol. The fourth-order valence-corrected chi connectivity index (χ4v) is 15.4. The van der Waals surface area contributed by atoms with Gasteiger partial charge >= 0.3 is 0 Å². The topological polar surface area (TPSA) is 120 Å². The molecule has 5 atom stereocenters. The molecule has 3 aromatic carbocycles. The Bertz CT molecular complexity index is 2110. The summed E-state index contributed by atoms with van der Waals surface area (Å²) in [7, 11) is -0.908. The molecule has 0 unspecified atom stereocenters. The van der Waals surface area contributed by atoms with Gasteiger partial charge in [0.25, 0.3) is 5.91 Å². The van der Waals surface area contributed by atoms with Crippen LogP contribution in [-0.2, 0) is 36.1 Å². The molecule has 8 rings (SSSR count). The molecule has 1 N–H and O–H groups in total. The lowest BCUT2D eigenvalue weighted by Gasteiger charge is -2.37. The van der Waals surface area contributed by atoms with Crippen molar-refractivity contribution >= 4 is 54.0 Å². The van der Waals surface area contributed by atoms with Gasteiger partial charge in [-0.15, -0.1) is 0 Å². The van der Waals surface area contributed by atoms with Gasteiger partial charge in [-0.1, -0.05) is 75.2 Å². The summed E-state index contributed by atoms with van der Waals surface area (Å²) < 4.78 is 13.0. The zero-order valence-electron chi connectivity index (χ0n) is 36.6. The van der Waals surface area contributed by atoms with Crippen LogP contribution >= 0.6 is 0 Å². The number of nitrogens with zero attached hydrogens (tertiary/aromatic N) is 4. The van der Waals surface area contributed by atoms with Gasteiger partial charge in [-0.05, 0) is 92.1 Å². The molecule has 0 aromatic heterocycles. The number of amides is 4. The first-order chi connectivity index (χ1) is 29.5. The van der Waals surface area contributed by atoms with Crippen LogP contribution in [0.25, 0.3) is 0 Å². The van der Waals surface area contributed by atoms with Gasteiger partial charge in [-0.2, -0.15) is 0 Å². The second-order valence-electron chi connectivity index (χ2n) is 18.6. The Kier molecular flexibility index (Phi) is 12.8. The first-order valence-electron chi connectivity index (χ1n) is 22.9. The summed E-state index contributed by atoms with van der Waals surface area (Å²) in [6.07, 6.45) is 9.99. The van der Waals surface area contributed by atoms with Crippen LogP contribution in [0.1, 0.15) is 102 Å². The number of hydrogen-bond donors (Lipinski definition) is 1. The minimum Gasteiger partial charge on any atom is -0.497 e. The zero-order valence-corrected chi connectivity index (χ0v) is 37.6. The standard InChI is InChI=1S/C49H64N4O7Si/c1-34-47(61(3,4)40-23-21-39(59-2)22-24-40)43(31-46(57)52-28-14-17-38(52)33-54)60-49(34)41-30-37(51-27-12-8-6-10-19-45(51)56)20-25-42(41)53(48(49)58)32-35-15-13-16-36(29-35)50-26-11-7-5-9-18-44(50)55/h13,15-16,20-25,29-30,34,38,43,47,54H,5-12,14,17-19,26-28,31-33H2,1-4H3/t34-,38-,43+,47-,49+/m0/s1. The molecular formula is C49H64N4O7Si. The molecule has 61 heavy (non-hydrogen) atoms. The summed E-state index contributed by atoms with van der Waals surface area (Å²) in [5.41, 5.74) is 2.39. The van der Waals surface area contributed by atoms with Gasteiger partial charge in [0, 0.05) is 55.3 Å². The first kappa shape index (κ1) is 43.1. The molecule has 5 aliphatic rings. The zero-order chi connectivity index (χ0) is 42.9. The van der Waals surface area contributed by atoms with Crippen molar-refractivity contribution in [1.82, 2.24) is 4.90 Å². The molecule has 0 radical (unpaired) electrons. The van der Waals surface area contributed by atoms with Gasteiger partial charge in [-0.3, -0.25) is 19.2 Å². The number of likely N-dealkylation sites (tertiary alicyclic amines) is 1. The van der Waals surface area contributed by atoms with Gasteiger partial charge in [-0.25, -0.2) is 0 Å². The highest BCUT2D eigenvalue weighted by atomic mass is 28.3. The molecule has 4 saturated heterocycles. The number of anilines is 3. The predicted octanol–water partition coefficient (Wildman–Crippen LogP) is 7.43. The van der Waals surface area contributed by atoms with E-state index in [-0.39, 0.29) is 60.7 Å². The van der Waals surface area contributed by atoms with Gasteiger partial charge in [0.1, 0.15) is 5.75 Å². The Balaban J connectivity index is 1.23. The van der Waals surface area contributed by atoms with Gasteiger partial charge < -0.3 is 34.2 Å². The molecule has 12 heteroatoms. The van der Waals surface area contributed by atoms with Crippen molar-refractivity contribution < 1.29 is 33.8 Å². The number of benzene rings is 3. The molecule has 0 bridgehead atoms. The van der Waals surface area contributed by atoms with Gasteiger partial charge in [0.05, 0.1) is 52.6 Å². The number of carbonyl (C=O) groups is 4. The highest BCUT2D eigenvalue weighted by Gasteiger charge is 2.66. The monoisotopic (exact) mass is 848 g/mol. The van der Waals surface area contributed by atoms with E-state index in [9.17, 15) is 19.5 Å². The van der Waals surface area contributed by atoms with Crippen LogP contribution in [0, 0.1) is 5.92 Å². The smallest absolute Gasteiger partial charge is 0.264 e. The molecule has 1 spiro atoms. The van der Waals surface area contributed by atoms with E-state index in [1.54, 1.807) is 7.11 Å². The Morgan fingerprint density at radius 3 is 2.13 bits per heavy atom. The third-order valence-electron chi connectivity index (χ3n) is 14.6. The maximum absolute atomic E-state index is 15.8. The Hall–Kier alpha value is -4.52. The summed E-state index contributed by atoms with van der Waals surface area (Å²) in [6, 6.07) is 22.0. The van der Waals surface area contributed by atoms with E-state index in [1.807, 2.05) is 74.2 Å². The largest absolute Gasteiger partial charge is 0.497 e. The average molecular weight is 849 g/mol. The predicted molar refractivity (Wildman–Crippen MR) is 241 cm³/mol. The second-order valence-corrected chi connectivity index (χ2v) is 23.3. The van der Waals surface area contributed by atoms with Crippen LogP contribution in [-0.4, -0.2) is 87.2 Å². The summed E-state index contributed by atoms with van der Waals surface area (Å²) >= 11 is 0. The number of methoxy groups -OCH3 is 1. The summed E-state index contributed by atoms with van der Waals surface area (Å²) in [4.78, 5) is 64.6. The number of aliphatic hydroxyl groups is 1. The fraction of sp³-hybridized carbons (Fsp3) is 0.551. The maximum atomic E-state index is 15.8. The molecule has 4 fully saturated rings. The van der Waals surface area contributed by atoms with Crippen molar-refractivity contribution in [2.45, 2.75) is 133 Å². The summed E-state index contributed by atoms with van der Waals surface area (Å²) in [5, 5.41) is 11.4. The van der Waals surface area contributed by atoms with Crippen molar-refractivity contribution in [2.75, 3.05) is 48.1 Å². The normalized spacial score (nSPS) is 26.3. The Morgan fingerprint density at radius 2 is 1.48 bits per heavy atom. The number of hydrogen-bond acceptors (Lipinski definition) is 7. The molecule has 5 heterocycles. The van der Waals surface area contributed by atoms with E-state index in [0.717, 1.165) is 98.1 Å². The number of aliphatic hydroxyl groups excluding tert-OH is 1. The van der Waals surface area contributed by atoms with Crippen LogP contribution < -0.4 is 24.6 Å². The van der Waals surface area contributed by atoms with Crippen LogP contribution in [0.5, 0.6) is 5.75 Å². The van der Waals surface area contributed by atoms with Crippen LogP contribution in [0.15, 0.2) is 66.7 Å². The Labute approximate surface area is 362 Å². The molecule has 0 aliphatic carbocycles. The van der Waals surface area contributed by atoms with E-state index >= 15 is 4.79 Å². The third-order valence-corrected chi connectivity index (χ3v) is 19.0. The van der Waals surface area contributed by atoms with E-state index < -0.39 is 19.8 Å². The van der Waals surface area contributed by atoms with E-state index in [4.69, 9.17) is 9.47 Å². The average Bonchev–Trinajstić information content (AvgIpc) is 3.91. The molecule has 3 aromatic rings. The van der Waals surface area contributed by atoms with E-state index in [0.29, 0.717) is 32.5 Å². The lowest BCUT2D eigenvalue weighted by atomic mass is 9.82. The number of ether oxygens (including phenoxy) is 2. The minimum atomic E-state index is -2.56. The molecule has 326 valence electrons. The Morgan fingerprint density at radius 1 is 0.820 bits per heavy atom. The van der Waals surface area contributed by atoms with Gasteiger partial charge in [0.15, 0.2) is 5.60 Å². The van der Waals surface area contributed by atoms with Crippen molar-refractivity contribution in [3.05, 3.63) is 77.9 Å². The fourth-order valence-electron chi connectivity index (χ4n) is 11.3. The molecule has 0 saturated carbocycles. The van der Waals surface area contributed by atoms with Crippen molar-refractivity contribution in [3.8, 4) is 5.75 Å². The minimum absolute atomic E-state index is 0.0617. The van der Waals surface area contributed by atoms with Crippen molar-refractivity contribution in [3.63, 3.8) is 0 Å². The second kappa shape index (κ2) is 18.1. The molecule has 11 nitrogen and oxygen atoms in total. The molecule has 4 amide bonds. The van der Waals surface area contributed by atoms with Crippen molar-refractivity contribution in [1.29, 1.82) is 0 Å². The highest BCUT2D eigenvalue weighted by molar-refractivity contribution is 6.91. The molecule has 5 aliphatic heterocycles. The summed E-state index contributed by atoms with van der Waals surface area (Å²) in [5.74, 6) is 0.400. The van der Waals surface area contributed by atoms with Crippen LogP contribution in [0.2, 0.25) is 18.6 Å². The lowest BCUT2D eigenvalue weighted by Crippen LogP contribution is -2.52. The number of fused-ring (bicyclic) bond motifs is 2. The third kappa shape index (κ3) is 8.16. The van der Waals surface area contributed by atoms with Crippen LogP contribution in [0.3, 0.4) is 0 Å². The SMILES string of the molecule is COc1ccc([Si](C)(C)[C@@H]2[C@@H](CC(=O)N3CCC[C@H]3CO)O[C@]3(C(=O)N(Cc4cccc(N5CCCCCCC5=O)c4)c4ccc(N5CCCCCCC5=O)cc43)[C@H]2C)cc1. The number of carbonyl (C=O) groups excluding carboxylic acids is 4. The highest BCUT2D eigenvalue weighted by Crippen LogP contribution is 2.60. The van der Waals surface area contributed by atoms with E-state index in [1.165, 1.54) is 5.19 Å². The summed E-state index contributed by atoms with van der Waals surface area (Å²) in [6.45, 7) is 8.81.